The van der Waals surface area contributed by atoms with E-state index in [1.165, 1.54) is 12.1 Å². The van der Waals surface area contributed by atoms with Gasteiger partial charge >= 0.3 is 5.97 Å². The van der Waals surface area contributed by atoms with Crippen LogP contribution in [0.3, 0.4) is 0 Å². The summed E-state index contributed by atoms with van der Waals surface area (Å²) in [6.45, 7) is 0. The van der Waals surface area contributed by atoms with Crippen molar-refractivity contribution in [3.63, 3.8) is 0 Å². The summed E-state index contributed by atoms with van der Waals surface area (Å²) in [6, 6.07) is 8.03. The normalized spacial score (nSPS) is 10.8. The Morgan fingerprint density at radius 1 is 1.20 bits per heavy atom. The maximum atomic E-state index is 11.4. The maximum Gasteiger partial charge on any atom is 0.361 e. The van der Waals surface area contributed by atoms with Gasteiger partial charge in [0.2, 0.25) is 0 Å². The van der Waals surface area contributed by atoms with E-state index in [1.807, 2.05) is 5.32 Å². The summed E-state index contributed by atoms with van der Waals surface area (Å²) in [4.78, 5) is 21.9. The molecular formula is C9H7Cl2NO3. The molecule has 0 saturated heterocycles. The summed E-state index contributed by atoms with van der Waals surface area (Å²) in [6.07, 6.45) is 0. The van der Waals surface area contributed by atoms with E-state index >= 15 is 0 Å². The highest BCUT2D eigenvalue weighted by molar-refractivity contribution is 6.57. The predicted molar refractivity (Wildman–Crippen MR) is 56.0 cm³/mol. The lowest BCUT2D eigenvalue weighted by Crippen LogP contribution is -2.45. The van der Waals surface area contributed by atoms with Gasteiger partial charge in [0.1, 0.15) is 0 Å². The molecule has 0 atom stereocenters. The molecule has 0 spiro atoms. The molecule has 0 saturated carbocycles. The molecule has 15 heavy (non-hydrogen) atoms. The van der Waals surface area contributed by atoms with Crippen LogP contribution in [0.15, 0.2) is 30.3 Å². The van der Waals surface area contributed by atoms with Crippen LogP contribution in [-0.4, -0.2) is 21.4 Å². The second-order valence-electron chi connectivity index (χ2n) is 2.70. The Morgan fingerprint density at radius 3 is 2.20 bits per heavy atom. The molecule has 80 valence electrons. The largest absolute Gasteiger partial charge is 0.478 e. The van der Waals surface area contributed by atoms with Gasteiger partial charge in [-0.1, -0.05) is 41.4 Å². The zero-order valence-electron chi connectivity index (χ0n) is 7.41. The fraction of sp³-hybridized carbons (Fsp3) is 0.111. The van der Waals surface area contributed by atoms with Crippen LogP contribution in [-0.2, 0) is 4.79 Å². The number of benzene rings is 1. The van der Waals surface area contributed by atoms with Crippen molar-refractivity contribution in [2.75, 3.05) is 0 Å². The van der Waals surface area contributed by atoms with Crippen LogP contribution in [0, 0.1) is 0 Å². The van der Waals surface area contributed by atoms with E-state index in [-0.39, 0.29) is 5.56 Å². The highest BCUT2D eigenvalue weighted by Crippen LogP contribution is 2.17. The van der Waals surface area contributed by atoms with Crippen molar-refractivity contribution in [2.45, 2.75) is 4.46 Å². The Bertz CT molecular complexity index is 378. The van der Waals surface area contributed by atoms with Crippen LogP contribution >= 0.6 is 23.2 Å². The Balaban J connectivity index is 2.77. The van der Waals surface area contributed by atoms with E-state index in [1.54, 1.807) is 18.2 Å². The standard InChI is InChI=1S/C9H7Cl2NO3/c10-9(11,8(14)15)12-7(13)6-4-2-1-3-5-6/h1-5H,(H,12,13)(H,14,15). The maximum absolute atomic E-state index is 11.4. The number of alkyl halides is 2. The summed E-state index contributed by atoms with van der Waals surface area (Å²) in [5.41, 5.74) is 0.282. The molecule has 0 aliphatic heterocycles. The molecule has 0 bridgehead atoms. The van der Waals surface area contributed by atoms with Crippen LogP contribution in [0.25, 0.3) is 0 Å². The molecule has 0 aliphatic rings. The lowest BCUT2D eigenvalue weighted by atomic mass is 10.2. The molecule has 0 unspecified atom stereocenters. The monoisotopic (exact) mass is 247 g/mol. The van der Waals surface area contributed by atoms with Gasteiger partial charge in [0.05, 0.1) is 0 Å². The molecule has 1 aromatic carbocycles. The van der Waals surface area contributed by atoms with E-state index in [4.69, 9.17) is 28.3 Å². The van der Waals surface area contributed by atoms with E-state index < -0.39 is 16.3 Å². The molecule has 6 heteroatoms. The molecule has 0 fully saturated rings. The highest BCUT2D eigenvalue weighted by atomic mass is 35.5. The number of carboxylic acid groups (broad SMARTS) is 1. The molecule has 1 amide bonds. The average molecular weight is 248 g/mol. The predicted octanol–water partition coefficient (Wildman–Crippen LogP) is 1.63. The van der Waals surface area contributed by atoms with Crippen molar-refractivity contribution in [2.24, 2.45) is 0 Å². The molecule has 2 N–H and O–H groups in total. The summed E-state index contributed by atoms with van der Waals surface area (Å²) in [5.74, 6) is -2.18. The first kappa shape index (κ1) is 11.8. The molecule has 0 radical (unpaired) electrons. The van der Waals surface area contributed by atoms with Gasteiger partial charge in [-0.25, -0.2) is 4.79 Å². The van der Waals surface area contributed by atoms with Crippen LogP contribution < -0.4 is 5.32 Å². The summed E-state index contributed by atoms with van der Waals surface area (Å²) < 4.78 is -2.31. The summed E-state index contributed by atoms with van der Waals surface area (Å²) in [7, 11) is 0. The number of amides is 1. The van der Waals surface area contributed by atoms with Gasteiger partial charge in [0.15, 0.2) is 0 Å². The van der Waals surface area contributed by atoms with Gasteiger partial charge in [-0.2, -0.15) is 0 Å². The first-order valence-corrected chi connectivity index (χ1v) is 4.68. The van der Waals surface area contributed by atoms with Gasteiger partial charge < -0.3 is 10.4 Å². The first-order valence-electron chi connectivity index (χ1n) is 3.92. The van der Waals surface area contributed by atoms with Crippen molar-refractivity contribution in [1.82, 2.24) is 5.32 Å². The Hall–Kier alpha value is -1.26. The van der Waals surface area contributed by atoms with Crippen molar-refractivity contribution in [3.8, 4) is 0 Å². The average Bonchev–Trinajstić information content (AvgIpc) is 2.18. The van der Waals surface area contributed by atoms with Crippen LogP contribution in [0.5, 0.6) is 0 Å². The number of carboxylic acids is 1. The molecule has 0 aromatic heterocycles. The Labute approximate surface area is 95.8 Å². The molecular weight excluding hydrogens is 241 g/mol. The third-order valence-electron chi connectivity index (χ3n) is 1.58. The first-order chi connectivity index (χ1) is 6.93. The minimum Gasteiger partial charge on any atom is -0.478 e. The summed E-state index contributed by atoms with van der Waals surface area (Å²) >= 11 is 10.7. The fourth-order valence-electron chi connectivity index (χ4n) is 0.858. The second kappa shape index (κ2) is 4.51. The molecule has 1 rings (SSSR count). The summed E-state index contributed by atoms with van der Waals surface area (Å²) in [5, 5.41) is 10.5. The number of carbonyl (C=O) groups excluding carboxylic acids is 1. The topological polar surface area (TPSA) is 66.4 Å². The lowest BCUT2D eigenvalue weighted by Gasteiger charge is -2.15. The molecule has 4 nitrogen and oxygen atoms in total. The molecule has 0 aliphatic carbocycles. The number of halogens is 2. The number of rotatable bonds is 3. The van der Waals surface area contributed by atoms with E-state index in [2.05, 4.69) is 0 Å². The van der Waals surface area contributed by atoms with Crippen molar-refractivity contribution in [3.05, 3.63) is 35.9 Å². The number of carbonyl (C=O) groups is 2. The van der Waals surface area contributed by atoms with Crippen molar-refractivity contribution >= 4 is 35.1 Å². The zero-order chi connectivity index (χ0) is 11.5. The number of hydrogen-bond donors (Lipinski definition) is 2. The molecule has 1 aromatic rings. The third kappa shape index (κ3) is 3.11. The van der Waals surface area contributed by atoms with Gasteiger partial charge in [0, 0.05) is 5.56 Å². The van der Waals surface area contributed by atoms with Crippen molar-refractivity contribution < 1.29 is 14.7 Å². The van der Waals surface area contributed by atoms with Gasteiger partial charge in [-0.3, -0.25) is 4.79 Å². The molecule has 0 heterocycles. The SMILES string of the molecule is O=C(NC(Cl)(Cl)C(=O)O)c1ccccc1. The zero-order valence-corrected chi connectivity index (χ0v) is 8.92. The van der Waals surface area contributed by atoms with Gasteiger partial charge in [-0.05, 0) is 12.1 Å². The second-order valence-corrected chi connectivity index (χ2v) is 4.03. The third-order valence-corrected chi connectivity index (χ3v) is 2.09. The number of hydrogen-bond acceptors (Lipinski definition) is 2. The smallest absolute Gasteiger partial charge is 0.361 e. The van der Waals surface area contributed by atoms with Gasteiger partial charge in [0.25, 0.3) is 10.4 Å². The lowest BCUT2D eigenvalue weighted by molar-refractivity contribution is -0.138. The quantitative estimate of drug-likeness (QED) is 0.631. The van der Waals surface area contributed by atoms with Crippen molar-refractivity contribution in [1.29, 1.82) is 0 Å². The number of aliphatic carboxylic acids is 1. The Kier molecular flexibility index (Phi) is 3.55. The van der Waals surface area contributed by atoms with Crippen LogP contribution in [0.4, 0.5) is 0 Å². The highest BCUT2D eigenvalue weighted by Gasteiger charge is 2.35. The van der Waals surface area contributed by atoms with Crippen LogP contribution in [0.1, 0.15) is 10.4 Å². The van der Waals surface area contributed by atoms with Crippen LogP contribution in [0.2, 0.25) is 0 Å². The van der Waals surface area contributed by atoms with E-state index in [0.29, 0.717) is 0 Å². The fourth-order valence-corrected chi connectivity index (χ4v) is 1.03. The van der Waals surface area contributed by atoms with Gasteiger partial charge in [-0.15, -0.1) is 0 Å². The minimum atomic E-state index is -2.31. The van der Waals surface area contributed by atoms with E-state index in [9.17, 15) is 9.59 Å². The number of nitrogens with one attached hydrogen (secondary N) is 1. The minimum absolute atomic E-state index is 0.282. The van der Waals surface area contributed by atoms with E-state index in [0.717, 1.165) is 0 Å². The Morgan fingerprint density at radius 2 is 1.73 bits per heavy atom.